The van der Waals surface area contributed by atoms with Crippen molar-refractivity contribution < 1.29 is 24.0 Å². The monoisotopic (exact) mass is 636 g/mol. The van der Waals surface area contributed by atoms with Gasteiger partial charge in [-0.15, -0.1) is 0 Å². The van der Waals surface area contributed by atoms with Gasteiger partial charge >= 0.3 is 0 Å². The molecule has 8 nitrogen and oxygen atoms in total. The molecule has 38 heavy (non-hydrogen) atoms. The highest BCUT2D eigenvalue weighted by atomic mass is 79.9. The van der Waals surface area contributed by atoms with Gasteiger partial charge in [0.1, 0.15) is 6.61 Å². The molecule has 0 atom stereocenters. The summed E-state index contributed by atoms with van der Waals surface area (Å²) in [5.41, 5.74) is 1.98. The Kier molecular flexibility index (Phi) is 8.99. The lowest BCUT2D eigenvalue weighted by atomic mass is 10.1. The Morgan fingerprint density at radius 2 is 1.74 bits per heavy atom. The van der Waals surface area contributed by atoms with E-state index in [0.717, 1.165) is 22.2 Å². The van der Waals surface area contributed by atoms with Crippen molar-refractivity contribution in [1.82, 2.24) is 4.90 Å². The van der Waals surface area contributed by atoms with Gasteiger partial charge in [0.15, 0.2) is 11.5 Å². The van der Waals surface area contributed by atoms with Crippen LogP contribution in [0.3, 0.4) is 0 Å². The molecule has 0 unspecified atom stereocenters. The number of hydrogen-bond donors (Lipinski definition) is 0. The second-order valence-electron chi connectivity index (χ2n) is 7.99. The summed E-state index contributed by atoms with van der Waals surface area (Å²) < 4.78 is 12.4. The fourth-order valence-corrected chi connectivity index (χ4v) is 5.29. The molecule has 196 valence electrons. The topological polar surface area (TPSA) is 99.0 Å². The summed E-state index contributed by atoms with van der Waals surface area (Å²) in [6.45, 7) is 2.45. The highest BCUT2D eigenvalue weighted by Crippen LogP contribution is 2.40. The van der Waals surface area contributed by atoms with Crippen LogP contribution in [0.25, 0.3) is 6.08 Å². The van der Waals surface area contributed by atoms with Gasteiger partial charge in [-0.2, -0.15) is 0 Å². The van der Waals surface area contributed by atoms with Crippen LogP contribution in [-0.2, 0) is 17.9 Å². The molecule has 0 bridgehead atoms. The van der Waals surface area contributed by atoms with Crippen LogP contribution in [0, 0.1) is 10.1 Å². The Bertz CT molecular complexity index is 1450. The molecule has 2 amide bonds. The Balaban J connectivity index is 1.53. The second kappa shape index (κ2) is 12.2. The summed E-state index contributed by atoms with van der Waals surface area (Å²) in [6.07, 6.45) is 1.61. The van der Waals surface area contributed by atoms with Crippen LogP contribution in [0.5, 0.6) is 11.5 Å². The van der Waals surface area contributed by atoms with Gasteiger partial charge in [0.05, 0.1) is 37.5 Å². The molecule has 12 heteroatoms. The summed E-state index contributed by atoms with van der Waals surface area (Å²) in [4.78, 5) is 37.3. The van der Waals surface area contributed by atoms with Crippen LogP contribution >= 0.6 is 50.9 Å². The maximum atomic E-state index is 13.0. The lowest BCUT2D eigenvalue weighted by molar-refractivity contribution is -0.384. The fraction of sp³-hybridized carbons (Fsp3) is 0.154. The molecule has 0 aliphatic carbocycles. The average Bonchev–Trinajstić information content (AvgIpc) is 3.13. The van der Waals surface area contributed by atoms with Gasteiger partial charge in [0.25, 0.3) is 16.8 Å². The van der Waals surface area contributed by atoms with Crippen molar-refractivity contribution in [2.24, 2.45) is 0 Å². The summed E-state index contributed by atoms with van der Waals surface area (Å²) in [5, 5.41) is 11.3. The van der Waals surface area contributed by atoms with Crippen LogP contribution < -0.4 is 9.47 Å². The molecule has 1 aliphatic rings. The molecule has 0 N–H and O–H groups in total. The number of carbonyl (C=O) groups is 2. The van der Waals surface area contributed by atoms with E-state index in [1.165, 1.54) is 24.3 Å². The zero-order valence-corrected chi connectivity index (χ0v) is 23.7. The highest BCUT2D eigenvalue weighted by Gasteiger charge is 2.35. The molecule has 1 fully saturated rings. The van der Waals surface area contributed by atoms with E-state index in [2.05, 4.69) is 15.9 Å². The third-order valence-corrected chi connectivity index (χ3v) is 7.59. The van der Waals surface area contributed by atoms with E-state index in [1.807, 2.05) is 13.0 Å². The molecular formula is C26H19BrCl2N2O6S. The zero-order chi connectivity index (χ0) is 27.4. The number of non-ortho nitro benzene ring substituents is 1. The maximum Gasteiger partial charge on any atom is 0.293 e. The lowest BCUT2D eigenvalue weighted by Crippen LogP contribution is -2.27. The molecule has 0 radical (unpaired) electrons. The molecule has 1 saturated heterocycles. The Labute approximate surface area is 240 Å². The first-order valence-corrected chi connectivity index (χ1v) is 13.5. The summed E-state index contributed by atoms with van der Waals surface area (Å²) in [6, 6.07) is 14.4. The average molecular weight is 638 g/mol. The van der Waals surface area contributed by atoms with Crippen molar-refractivity contribution in [3.05, 3.63) is 101 Å². The normalized spacial score (nSPS) is 14.3. The number of ether oxygens (including phenoxy) is 2. The fourth-order valence-electron chi connectivity index (χ4n) is 3.55. The van der Waals surface area contributed by atoms with Gasteiger partial charge in [0.2, 0.25) is 0 Å². The number of imide groups is 1. The van der Waals surface area contributed by atoms with Gasteiger partial charge in [-0.05, 0) is 81.6 Å². The number of carbonyl (C=O) groups excluding carboxylic acids is 2. The van der Waals surface area contributed by atoms with Crippen LogP contribution in [-0.4, -0.2) is 27.6 Å². The predicted molar refractivity (Wildman–Crippen MR) is 151 cm³/mol. The van der Waals surface area contributed by atoms with Crippen LogP contribution in [0.1, 0.15) is 23.6 Å². The minimum atomic E-state index is -0.509. The van der Waals surface area contributed by atoms with Crippen molar-refractivity contribution in [3.63, 3.8) is 0 Å². The Morgan fingerprint density at radius 1 is 1.03 bits per heavy atom. The standard InChI is InChI=1S/C26H19BrCl2N2O6S/c1-2-36-22-11-17(9-19(27)24(22)37-14-16-5-8-20(28)21(29)10-16)12-23-25(32)30(26(33)38-23)13-15-3-6-18(7-4-15)31(34)35/h3-12H,2,13-14H2,1H3/b23-12-. The first kappa shape index (κ1) is 28.0. The largest absolute Gasteiger partial charge is 0.490 e. The van der Waals surface area contributed by atoms with E-state index in [4.69, 9.17) is 32.7 Å². The Hall–Kier alpha value is -3.05. The quantitative estimate of drug-likeness (QED) is 0.134. The number of thioether (sulfide) groups is 1. The first-order valence-electron chi connectivity index (χ1n) is 11.2. The number of amides is 2. The molecule has 4 rings (SSSR count). The minimum absolute atomic E-state index is 0.00931. The zero-order valence-electron chi connectivity index (χ0n) is 19.8. The second-order valence-corrected chi connectivity index (χ2v) is 10.7. The Morgan fingerprint density at radius 3 is 2.39 bits per heavy atom. The van der Waals surface area contributed by atoms with Crippen LogP contribution in [0.4, 0.5) is 10.5 Å². The van der Waals surface area contributed by atoms with E-state index >= 15 is 0 Å². The third kappa shape index (κ3) is 6.50. The van der Waals surface area contributed by atoms with Crippen molar-refractivity contribution in [1.29, 1.82) is 0 Å². The summed E-state index contributed by atoms with van der Waals surface area (Å²) >= 11 is 16.4. The van der Waals surface area contributed by atoms with Gasteiger partial charge in [0, 0.05) is 12.1 Å². The highest BCUT2D eigenvalue weighted by molar-refractivity contribution is 9.10. The summed E-state index contributed by atoms with van der Waals surface area (Å²) in [5.74, 6) is 0.479. The molecule has 1 heterocycles. The van der Waals surface area contributed by atoms with Crippen molar-refractivity contribution in [2.45, 2.75) is 20.1 Å². The van der Waals surface area contributed by atoms with Crippen LogP contribution in [0.2, 0.25) is 10.0 Å². The molecule has 0 spiro atoms. The van der Waals surface area contributed by atoms with Gasteiger partial charge in [-0.3, -0.25) is 24.6 Å². The van der Waals surface area contributed by atoms with E-state index in [1.54, 1.807) is 30.3 Å². The SMILES string of the molecule is CCOc1cc(/C=C2\SC(=O)N(Cc3ccc([N+](=O)[O-])cc3)C2=O)cc(Br)c1OCc1ccc(Cl)c(Cl)c1. The molecule has 3 aromatic rings. The number of hydrogen-bond acceptors (Lipinski definition) is 7. The van der Waals surface area contributed by atoms with Gasteiger partial charge < -0.3 is 9.47 Å². The minimum Gasteiger partial charge on any atom is -0.490 e. The van der Waals surface area contributed by atoms with E-state index in [0.29, 0.717) is 43.8 Å². The summed E-state index contributed by atoms with van der Waals surface area (Å²) in [7, 11) is 0. The first-order chi connectivity index (χ1) is 18.2. The molecule has 0 saturated carbocycles. The number of benzene rings is 3. The number of halogens is 3. The van der Waals surface area contributed by atoms with E-state index < -0.39 is 16.1 Å². The molecule has 0 aromatic heterocycles. The van der Waals surface area contributed by atoms with Crippen molar-refractivity contribution in [2.75, 3.05) is 6.61 Å². The lowest BCUT2D eigenvalue weighted by Gasteiger charge is -2.15. The third-order valence-electron chi connectivity index (χ3n) is 5.36. The van der Waals surface area contributed by atoms with Gasteiger partial charge in [-0.25, -0.2) is 0 Å². The smallest absolute Gasteiger partial charge is 0.293 e. The predicted octanol–water partition coefficient (Wildman–Crippen LogP) is 7.88. The van der Waals surface area contributed by atoms with Crippen molar-refractivity contribution in [3.8, 4) is 11.5 Å². The number of nitrogens with zero attached hydrogens (tertiary/aromatic N) is 2. The number of rotatable bonds is 9. The van der Waals surface area contributed by atoms with Crippen LogP contribution in [0.15, 0.2) is 64.0 Å². The molecule has 1 aliphatic heterocycles. The molecule has 3 aromatic carbocycles. The molecular weight excluding hydrogens is 619 g/mol. The number of nitro benzene ring substituents is 1. The maximum absolute atomic E-state index is 13.0. The number of nitro groups is 1. The van der Waals surface area contributed by atoms with E-state index in [-0.39, 0.29) is 23.7 Å². The van der Waals surface area contributed by atoms with Crippen molar-refractivity contribution >= 4 is 73.8 Å². The van der Waals surface area contributed by atoms with Gasteiger partial charge in [-0.1, -0.05) is 41.4 Å². The van der Waals surface area contributed by atoms with E-state index in [9.17, 15) is 19.7 Å².